The third kappa shape index (κ3) is 5.74. The van der Waals surface area contributed by atoms with E-state index in [1.165, 1.54) is 0 Å². The van der Waals surface area contributed by atoms with Gasteiger partial charge in [0.25, 0.3) is 5.91 Å². The van der Waals surface area contributed by atoms with Crippen LogP contribution < -0.4 is 10.6 Å². The van der Waals surface area contributed by atoms with Crippen molar-refractivity contribution >= 4 is 30.2 Å². The van der Waals surface area contributed by atoms with Crippen LogP contribution in [0.5, 0.6) is 0 Å². The molecule has 2 aromatic rings. The highest BCUT2D eigenvalue weighted by Gasteiger charge is 2.35. The number of aromatic nitrogens is 6. The molecular formula is C12H16ClF3N8O. The van der Waals surface area contributed by atoms with E-state index in [9.17, 15) is 18.0 Å². The van der Waals surface area contributed by atoms with Crippen molar-refractivity contribution in [3.05, 3.63) is 23.4 Å². The monoisotopic (exact) mass is 380 g/mol. The summed E-state index contributed by atoms with van der Waals surface area (Å²) in [5.74, 6) is -0.523. The molecule has 2 rings (SSSR count). The van der Waals surface area contributed by atoms with Crippen LogP contribution in [-0.2, 0) is 17.6 Å². The fourth-order valence-corrected chi connectivity index (χ4v) is 1.61. The van der Waals surface area contributed by atoms with Crippen LogP contribution in [0.25, 0.3) is 0 Å². The molecule has 0 radical (unpaired) electrons. The zero-order chi connectivity index (χ0) is 17.7. The molecule has 0 saturated heterocycles. The second-order valence-electron chi connectivity index (χ2n) is 4.59. The van der Waals surface area contributed by atoms with Crippen LogP contribution in [-0.4, -0.2) is 42.4 Å². The molecule has 0 atom stereocenters. The first-order valence-electron chi connectivity index (χ1n) is 7.01. The average molecular weight is 381 g/mol. The quantitative estimate of drug-likeness (QED) is 0.568. The van der Waals surface area contributed by atoms with E-state index < -0.39 is 17.8 Å². The van der Waals surface area contributed by atoms with Gasteiger partial charge in [-0.05, 0) is 0 Å². The zero-order valence-electron chi connectivity index (χ0n) is 13.2. The van der Waals surface area contributed by atoms with E-state index in [-0.39, 0.29) is 24.3 Å². The number of hydrogen-bond acceptors (Lipinski definition) is 6. The van der Waals surface area contributed by atoms with Crippen molar-refractivity contribution < 1.29 is 18.0 Å². The van der Waals surface area contributed by atoms with Crippen molar-refractivity contribution in [3.8, 4) is 0 Å². The molecule has 0 fully saturated rings. The van der Waals surface area contributed by atoms with Crippen LogP contribution in [0.3, 0.4) is 0 Å². The Hall–Kier alpha value is -2.63. The molecular weight excluding hydrogens is 365 g/mol. The Morgan fingerprint density at radius 2 is 1.52 bits per heavy atom. The summed E-state index contributed by atoms with van der Waals surface area (Å²) in [6.45, 7) is 3.57. The lowest BCUT2D eigenvalue weighted by Gasteiger charge is -2.11. The first kappa shape index (κ1) is 20.4. The molecule has 1 amide bonds. The van der Waals surface area contributed by atoms with Crippen molar-refractivity contribution in [3.63, 3.8) is 0 Å². The van der Waals surface area contributed by atoms with Crippen LogP contribution >= 0.6 is 12.4 Å². The topological polar surface area (TPSA) is 124 Å². The summed E-state index contributed by atoms with van der Waals surface area (Å²) >= 11 is 0. The van der Waals surface area contributed by atoms with Gasteiger partial charge >= 0.3 is 6.18 Å². The number of carbonyl (C=O) groups is 1. The highest BCUT2D eigenvalue weighted by molar-refractivity contribution is 5.98. The molecule has 2 aromatic heterocycles. The minimum atomic E-state index is -4.79. The van der Waals surface area contributed by atoms with Crippen molar-refractivity contribution in [2.24, 2.45) is 0 Å². The number of nitrogens with zero attached hydrogens (tertiary/aromatic N) is 4. The molecule has 0 aliphatic rings. The largest absolute Gasteiger partial charge is 0.431 e. The molecule has 0 spiro atoms. The Morgan fingerprint density at radius 1 is 1.04 bits per heavy atom. The number of allylic oxidation sites excluding steroid dienone is 1. The van der Waals surface area contributed by atoms with Gasteiger partial charge in [-0.2, -0.15) is 23.1 Å². The smallest absolute Gasteiger partial charge is 0.319 e. The molecule has 138 valence electrons. The summed E-state index contributed by atoms with van der Waals surface area (Å²) in [6, 6.07) is 0. The maximum atomic E-state index is 13.0. The van der Waals surface area contributed by atoms with Gasteiger partial charge in [0.15, 0.2) is 0 Å². The standard InChI is InChI=1S/C12H15F3N8O.ClH/c1-3-7-17-10(22-20-7)16-6(12(13,14)15)5-9(24)19-11-18-8(4-2)21-23-11;/h5H,3-4H2,1-2H3,(H2,16,17,20,22)(H2,18,19,21,23,24);1H/b6-5-;. The van der Waals surface area contributed by atoms with E-state index in [1.807, 2.05) is 5.32 Å². The molecule has 2 heterocycles. The van der Waals surface area contributed by atoms with Crippen LogP contribution in [0.1, 0.15) is 25.5 Å². The Kier molecular flexibility index (Phi) is 6.91. The van der Waals surface area contributed by atoms with Gasteiger partial charge in [0, 0.05) is 18.9 Å². The second kappa shape index (κ2) is 8.46. The van der Waals surface area contributed by atoms with Gasteiger partial charge in [-0.25, -0.2) is 0 Å². The maximum Gasteiger partial charge on any atom is 0.431 e. The molecule has 4 N–H and O–H groups in total. The number of aromatic amines is 2. The minimum absolute atomic E-state index is 0. The maximum absolute atomic E-state index is 13.0. The molecule has 0 aliphatic carbocycles. The number of amides is 1. The van der Waals surface area contributed by atoms with E-state index in [4.69, 9.17) is 0 Å². The van der Waals surface area contributed by atoms with Gasteiger partial charge in [-0.15, -0.1) is 22.6 Å². The number of anilines is 2. The van der Waals surface area contributed by atoms with Crippen molar-refractivity contribution in [1.29, 1.82) is 0 Å². The van der Waals surface area contributed by atoms with Crippen LogP contribution in [0.15, 0.2) is 11.8 Å². The predicted octanol–water partition coefficient (Wildman–Crippen LogP) is 1.97. The van der Waals surface area contributed by atoms with Gasteiger partial charge in [0.2, 0.25) is 11.9 Å². The number of aryl methyl sites for hydroxylation is 2. The molecule has 0 unspecified atom stereocenters. The Bertz CT molecular complexity index is 739. The normalized spacial score (nSPS) is 11.8. The number of H-pyrrole nitrogens is 2. The number of alkyl halides is 3. The highest BCUT2D eigenvalue weighted by atomic mass is 35.5. The fraction of sp³-hybridized carbons (Fsp3) is 0.417. The van der Waals surface area contributed by atoms with Gasteiger partial charge in [-0.3, -0.25) is 20.3 Å². The number of nitrogens with one attached hydrogen (secondary N) is 4. The van der Waals surface area contributed by atoms with E-state index in [0.29, 0.717) is 30.6 Å². The number of hydrogen-bond donors (Lipinski definition) is 4. The zero-order valence-corrected chi connectivity index (χ0v) is 14.0. The number of halogens is 4. The van der Waals surface area contributed by atoms with Gasteiger partial charge in [0.05, 0.1) is 0 Å². The van der Waals surface area contributed by atoms with E-state index in [1.54, 1.807) is 13.8 Å². The molecule has 0 saturated carbocycles. The Labute approximate surface area is 146 Å². The Morgan fingerprint density at radius 3 is 1.92 bits per heavy atom. The molecule has 0 aliphatic heterocycles. The van der Waals surface area contributed by atoms with Crippen molar-refractivity contribution in [2.75, 3.05) is 10.6 Å². The lowest BCUT2D eigenvalue weighted by molar-refractivity contribution is -0.113. The lowest BCUT2D eigenvalue weighted by Crippen LogP contribution is -2.23. The minimum Gasteiger partial charge on any atom is -0.319 e. The number of carbonyl (C=O) groups excluding carboxylic acids is 1. The van der Waals surface area contributed by atoms with E-state index in [0.717, 1.165) is 0 Å². The summed E-state index contributed by atoms with van der Waals surface area (Å²) in [5.41, 5.74) is -1.31. The fourth-order valence-electron chi connectivity index (χ4n) is 1.61. The third-order valence-electron chi connectivity index (χ3n) is 2.80. The lowest BCUT2D eigenvalue weighted by atomic mass is 10.3. The molecule has 9 nitrogen and oxygen atoms in total. The highest BCUT2D eigenvalue weighted by Crippen LogP contribution is 2.26. The third-order valence-corrected chi connectivity index (χ3v) is 2.80. The summed E-state index contributed by atoms with van der Waals surface area (Å²) < 4.78 is 39.1. The van der Waals surface area contributed by atoms with Crippen LogP contribution in [0.4, 0.5) is 25.1 Å². The second-order valence-corrected chi connectivity index (χ2v) is 4.59. The first-order chi connectivity index (χ1) is 11.3. The predicted molar refractivity (Wildman–Crippen MR) is 85.2 cm³/mol. The van der Waals surface area contributed by atoms with Crippen LogP contribution in [0, 0.1) is 0 Å². The summed E-state index contributed by atoms with van der Waals surface area (Å²) in [5, 5.41) is 16.4. The molecule has 0 bridgehead atoms. The van der Waals surface area contributed by atoms with Gasteiger partial charge in [0.1, 0.15) is 17.3 Å². The average Bonchev–Trinajstić information content (AvgIpc) is 3.14. The van der Waals surface area contributed by atoms with Crippen molar-refractivity contribution in [1.82, 2.24) is 30.4 Å². The summed E-state index contributed by atoms with van der Waals surface area (Å²) in [7, 11) is 0. The van der Waals surface area contributed by atoms with Gasteiger partial charge < -0.3 is 5.32 Å². The molecule has 13 heteroatoms. The first-order valence-corrected chi connectivity index (χ1v) is 7.01. The summed E-state index contributed by atoms with van der Waals surface area (Å²) in [6.07, 6.45) is -3.43. The Balaban J connectivity index is 0.00000312. The van der Waals surface area contributed by atoms with Crippen molar-refractivity contribution in [2.45, 2.75) is 32.9 Å². The van der Waals surface area contributed by atoms with Gasteiger partial charge in [-0.1, -0.05) is 13.8 Å². The van der Waals surface area contributed by atoms with E-state index >= 15 is 0 Å². The van der Waals surface area contributed by atoms with Crippen LogP contribution in [0.2, 0.25) is 0 Å². The number of rotatable bonds is 6. The SMILES string of the molecule is CCc1nc(NC(=O)/C=C(\Nc2n[nH]c(CC)n2)C(F)(F)F)n[nH]1.Cl. The summed E-state index contributed by atoms with van der Waals surface area (Å²) in [4.78, 5) is 19.4. The molecule has 25 heavy (non-hydrogen) atoms. The van der Waals surface area contributed by atoms with E-state index in [2.05, 4.69) is 35.7 Å². The molecule has 0 aromatic carbocycles.